The Labute approximate surface area is 131 Å². The van der Waals surface area contributed by atoms with Crippen molar-refractivity contribution in [2.24, 2.45) is 17.3 Å². The second-order valence-corrected chi connectivity index (χ2v) is 7.50. The van der Waals surface area contributed by atoms with Crippen molar-refractivity contribution in [1.29, 1.82) is 0 Å². The van der Waals surface area contributed by atoms with Crippen LogP contribution in [0, 0.1) is 17.3 Å². The maximum absolute atomic E-state index is 9.72. The molecule has 0 aromatic rings. The summed E-state index contributed by atoms with van der Waals surface area (Å²) >= 11 is 0. The van der Waals surface area contributed by atoms with Gasteiger partial charge in [0, 0.05) is 0 Å². The maximum atomic E-state index is 9.72. The molecular weight excluding hydrogens is 256 g/mol. The number of hydrogen-bond acceptors (Lipinski definition) is 1. The Morgan fingerprint density at radius 3 is 2.43 bits per heavy atom. The van der Waals surface area contributed by atoms with E-state index in [0.717, 1.165) is 6.42 Å². The van der Waals surface area contributed by atoms with E-state index in [0.29, 0.717) is 11.8 Å². The molecule has 0 bridgehead atoms. The van der Waals surface area contributed by atoms with Gasteiger partial charge < -0.3 is 5.11 Å². The molecule has 118 valence electrons. The lowest BCUT2D eigenvalue weighted by Gasteiger charge is -2.43. The van der Waals surface area contributed by atoms with Gasteiger partial charge in [0.05, 0.1) is 5.60 Å². The van der Waals surface area contributed by atoms with Crippen LogP contribution in [0.3, 0.4) is 0 Å². The van der Waals surface area contributed by atoms with E-state index in [9.17, 15) is 5.11 Å². The van der Waals surface area contributed by atoms with Crippen molar-refractivity contribution in [3.8, 4) is 0 Å². The minimum atomic E-state index is -0.745. The molecule has 1 fully saturated rings. The van der Waals surface area contributed by atoms with E-state index in [4.69, 9.17) is 0 Å². The van der Waals surface area contributed by atoms with Crippen LogP contribution in [0.4, 0.5) is 0 Å². The lowest BCUT2D eigenvalue weighted by molar-refractivity contribution is 0.133. The lowest BCUT2D eigenvalue weighted by Crippen LogP contribution is -2.33. The molecular formula is C20H32O. The standard InChI is InChI=1S/C20H32O/c1-8-20(7)13-11-17(14-18(20)15(2)3)16(4)10-9-12-19(5,6)21/h8-10,12,17-18,21H,1-2,11,13-14H2,3-7H3/b12-9+,16-10+. The molecule has 1 saturated carbocycles. The third-order valence-corrected chi connectivity index (χ3v) is 4.92. The van der Waals surface area contributed by atoms with Crippen molar-refractivity contribution in [1.82, 2.24) is 0 Å². The van der Waals surface area contributed by atoms with Crippen molar-refractivity contribution in [2.75, 3.05) is 0 Å². The molecule has 1 N–H and O–H groups in total. The maximum Gasteiger partial charge on any atom is 0.0774 e. The van der Waals surface area contributed by atoms with Crippen LogP contribution >= 0.6 is 0 Å². The van der Waals surface area contributed by atoms with E-state index in [2.05, 4.69) is 46.1 Å². The van der Waals surface area contributed by atoms with Crippen LogP contribution < -0.4 is 0 Å². The normalized spacial score (nSPS) is 31.4. The molecule has 0 aliphatic heterocycles. The average Bonchev–Trinajstić information content (AvgIpc) is 2.37. The highest BCUT2D eigenvalue weighted by molar-refractivity contribution is 5.20. The summed E-state index contributed by atoms with van der Waals surface area (Å²) in [5.74, 6) is 1.11. The number of hydrogen-bond donors (Lipinski definition) is 1. The molecule has 1 rings (SSSR count). The molecule has 1 nitrogen and oxygen atoms in total. The van der Waals surface area contributed by atoms with Crippen LogP contribution in [-0.4, -0.2) is 10.7 Å². The van der Waals surface area contributed by atoms with Gasteiger partial charge in [-0.2, -0.15) is 0 Å². The summed E-state index contributed by atoms with van der Waals surface area (Å²) in [6.45, 7) is 18.5. The number of rotatable bonds is 5. The molecule has 0 aromatic heterocycles. The zero-order valence-corrected chi connectivity index (χ0v) is 14.4. The molecule has 21 heavy (non-hydrogen) atoms. The Bertz CT molecular complexity index is 447. The van der Waals surface area contributed by atoms with Crippen molar-refractivity contribution in [3.63, 3.8) is 0 Å². The van der Waals surface area contributed by atoms with Crippen LogP contribution in [0.2, 0.25) is 0 Å². The first-order chi connectivity index (χ1) is 9.59. The Morgan fingerprint density at radius 2 is 1.95 bits per heavy atom. The summed E-state index contributed by atoms with van der Waals surface area (Å²) in [6, 6.07) is 0. The third kappa shape index (κ3) is 5.00. The summed E-state index contributed by atoms with van der Waals surface area (Å²) in [4.78, 5) is 0. The van der Waals surface area contributed by atoms with Gasteiger partial charge in [-0.15, -0.1) is 6.58 Å². The minimum absolute atomic E-state index is 0.186. The second kappa shape index (κ2) is 6.79. The molecule has 1 heteroatoms. The highest BCUT2D eigenvalue weighted by Crippen LogP contribution is 2.48. The average molecular weight is 288 g/mol. The lowest BCUT2D eigenvalue weighted by atomic mass is 9.61. The summed E-state index contributed by atoms with van der Waals surface area (Å²) < 4.78 is 0. The van der Waals surface area contributed by atoms with Gasteiger partial charge in [-0.3, -0.25) is 0 Å². The fourth-order valence-electron chi connectivity index (χ4n) is 3.32. The molecule has 3 atom stereocenters. The summed E-state index contributed by atoms with van der Waals surface area (Å²) in [6.07, 6.45) is 11.6. The van der Waals surface area contributed by atoms with E-state index < -0.39 is 5.60 Å². The largest absolute Gasteiger partial charge is 0.386 e. The van der Waals surface area contributed by atoms with E-state index in [-0.39, 0.29) is 5.41 Å². The van der Waals surface area contributed by atoms with Crippen molar-refractivity contribution in [3.05, 3.63) is 48.6 Å². The summed E-state index contributed by atoms with van der Waals surface area (Å²) in [5, 5.41) is 9.72. The SMILES string of the molecule is C=CC1(C)CCC(/C(C)=C/C=C/C(C)(C)O)CC1C(=C)C. The van der Waals surface area contributed by atoms with E-state index in [1.54, 1.807) is 13.8 Å². The molecule has 0 amide bonds. The van der Waals surface area contributed by atoms with E-state index >= 15 is 0 Å². The van der Waals surface area contributed by atoms with Gasteiger partial charge in [0.1, 0.15) is 0 Å². The first-order valence-electron chi connectivity index (χ1n) is 7.96. The molecule has 1 aliphatic rings. The topological polar surface area (TPSA) is 20.2 Å². The fourth-order valence-corrected chi connectivity index (χ4v) is 3.32. The van der Waals surface area contributed by atoms with Crippen molar-refractivity contribution >= 4 is 0 Å². The smallest absolute Gasteiger partial charge is 0.0774 e. The van der Waals surface area contributed by atoms with E-state index in [1.165, 1.54) is 24.0 Å². The van der Waals surface area contributed by atoms with Gasteiger partial charge in [-0.1, -0.05) is 49.0 Å². The Hall–Kier alpha value is -1.08. The van der Waals surface area contributed by atoms with Gasteiger partial charge in [-0.05, 0) is 64.2 Å². The molecule has 3 unspecified atom stereocenters. The summed E-state index contributed by atoms with van der Waals surface area (Å²) in [5.41, 5.74) is 2.10. The first kappa shape index (κ1) is 18.0. The van der Waals surface area contributed by atoms with Gasteiger partial charge in [0.15, 0.2) is 0 Å². The molecule has 1 aliphatic carbocycles. The quantitative estimate of drug-likeness (QED) is 0.527. The van der Waals surface area contributed by atoms with Crippen LogP contribution in [0.5, 0.6) is 0 Å². The molecule has 0 spiro atoms. The Balaban J connectivity index is 2.83. The second-order valence-electron chi connectivity index (χ2n) is 7.50. The molecule has 0 aromatic carbocycles. The van der Waals surface area contributed by atoms with Gasteiger partial charge in [0.25, 0.3) is 0 Å². The van der Waals surface area contributed by atoms with Gasteiger partial charge in [-0.25, -0.2) is 0 Å². The molecule has 0 saturated heterocycles. The van der Waals surface area contributed by atoms with Gasteiger partial charge >= 0.3 is 0 Å². The van der Waals surface area contributed by atoms with E-state index in [1.807, 2.05) is 12.2 Å². The van der Waals surface area contributed by atoms with Crippen LogP contribution in [-0.2, 0) is 0 Å². The number of allylic oxidation sites excluding steroid dienone is 5. The van der Waals surface area contributed by atoms with Crippen molar-refractivity contribution < 1.29 is 5.11 Å². The first-order valence-corrected chi connectivity index (χ1v) is 7.96. The monoisotopic (exact) mass is 288 g/mol. The predicted octanol–water partition coefficient (Wildman–Crippen LogP) is 5.44. The van der Waals surface area contributed by atoms with Crippen LogP contribution in [0.15, 0.2) is 48.6 Å². The zero-order chi connectivity index (χ0) is 16.3. The highest BCUT2D eigenvalue weighted by Gasteiger charge is 2.38. The Morgan fingerprint density at radius 1 is 1.33 bits per heavy atom. The van der Waals surface area contributed by atoms with Gasteiger partial charge in [0.2, 0.25) is 0 Å². The molecule has 0 heterocycles. The minimum Gasteiger partial charge on any atom is -0.386 e. The highest BCUT2D eigenvalue weighted by atomic mass is 16.3. The Kier molecular flexibility index (Phi) is 5.81. The van der Waals surface area contributed by atoms with Crippen molar-refractivity contribution in [2.45, 2.75) is 59.5 Å². The van der Waals surface area contributed by atoms with Crippen LogP contribution in [0.25, 0.3) is 0 Å². The molecule has 0 radical (unpaired) electrons. The summed E-state index contributed by atoms with van der Waals surface area (Å²) in [7, 11) is 0. The number of aliphatic hydroxyl groups is 1. The third-order valence-electron chi connectivity index (χ3n) is 4.92. The van der Waals surface area contributed by atoms with Crippen LogP contribution in [0.1, 0.15) is 53.9 Å². The predicted molar refractivity (Wildman–Crippen MR) is 93.1 cm³/mol. The zero-order valence-electron chi connectivity index (χ0n) is 14.4. The fraction of sp³-hybridized carbons (Fsp3) is 0.600.